The molecule has 1 heterocycles. The Kier molecular flexibility index (Phi) is 4.87. The molecule has 5 atom stereocenters. The Morgan fingerprint density at radius 1 is 1.18 bits per heavy atom. The van der Waals surface area contributed by atoms with Gasteiger partial charge in [0.1, 0.15) is 0 Å². The zero-order valence-corrected chi connectivity index (χ0v) is 11.7. The summed E-state index contributed by atoms with van der Waals surface area (Å²) in [6.45, 7) is 6.83. The van der Waals surface area contributed by atoms with E-state index < -0.39 is 0 Å². The van der Waals surface area contributed by atoms with Gasteiger partial charge in [-0.25, -0.2) is 0 Å². The fourth-order valence-corrected chi connectivity index (χ4v) is 3.63. The van der Waals surface area contributed by atoms with Crippen molar-refractivity contribution < 1.29 is 4.74 Å². The molecule has 1 saturated carbocycles. The smallest absolute Gasteiger partial charge is 0.0495 e. The number of nitrogens with one attached hydrogen (secondary N) is 1. The van der Waals surface area contributed by atoms with E-state index in [2.05, 4.69) is 26.2 Å². The summed E-state index contributed by atoms with van der Waals surface area (Å²) < 4.78 is 5.50. The average Bonchev–Trinajstić information content (AvgIpc) is 2.82. The van der Waals surface area contributed by atoms with E-state index in [0.717, 1.165) is 42.9 Å². The van der Waals surface area contributed by atoms with E-state index in [4.69, 9.17) is 4.74 Å². The molecule has 0 spiro atoms. The molecular weight excluding hydrogens is 210 g/mol. The minimum atomic E-state index is 0.719. The van der Waals surface area contributed by atoms with Gasteiger partial charge in [0, 0.05) is 19.3 Å². The number of ether oxygens (including phenoxy) is 1. The molecule has 0 aromatic heterocycles. The Morgan fingerprint density at radius 3 is 2.59 bits per heavy atom. The van der Waals surface area contributed by atoms with Crippen molar-refractivity contribution in [2.75, 3.05) is 20.3 Å². The van der Waals surface area contributed by atoms with Gasteiger partial charge in [-0.15, -0.1) is 0 Å². The van der Waals surface area contributed by atoms with E-state index in [1.165, 1.54) is 32.1 Å². The molecule has 2 nitrogen and oxygen atoms in total. The third kappa shape index (κ3) is 3.45. The van der Waals surface area contributed by atoms with Crippen LogP contribution < -0.4 is 5.32 Å². The molecule has 2 rings (SSSR count). The molecule has 100 valence electrons. The van der Waals surface area contributed by atoms with Crippen molar-refractivity contribution in [2.45, 2.75) is 52.0 Å². The molecular formula is C15H29NO. The predicted molar refractivity (Wildman–Crippen MR) is 72.1 cm³/mol. The highest BCUT2D eigenvalue weighted by Gasteiger charge is 2.31. The summed E-state index contributed by atoms with van der Waals surface area (Å²) in [5.41, 5.74) is 0. The number of hydrogen-bond donors (Lipinski definition) is 1. The van der Waals surface area contributed by atoms with Gasteiger partial charge in [-0.1, -0.05) is 20.3 Å². The molecule has 17 heavy (non-hydrogen) atoms. The van der Waals surface area contributed by atoms with Crippen LogP contribution in [0.2, 0.25) is 0 Å². The third-order valence-corrected chi connectivity index (χ3v) is 5.19. The summed E-state index contributed by atoms with van der Waals surface area (Å²) in [4.78, 5) is 0. The van der Waals surface area contributed by atoms with E-state index in [-0.39, 0.29) is 0 Å². The molecule has 1 aliphatic carbocycles. The normalized spacial score (nSPS) is 40.4. The topological polar surface area (TPSA) is 21.3 Å². The van der Waals surface area contributed by atoms with Gasteiger partial charge in [0.15, 0.2) is 0 Å². The number of hydrogen-bond acceptors (Lipinski definition) is 2. The Bertz CT molecular complexity index is 225. The summed E-state index contributed by atoms with van der Waals surface area (Å²) in [6, 6.07) is 0.719. The van der Waals surface area contributed by atoms with Crippen molar-refractivity contribution in [1.29, 1.82) is 0 Å². The van der Waals surface area contributed by atoms with Crippen molar-refractivity contribution in [2.24, 2.45) is 23.7 Å². The predicted octanol–water partition coefficient (Wildman–Crippen LogP) is 3.07. The maximum atomic E-state index is 5.50. The Labute approximate surface area is 107 Å². The molecule has 2 heteroatoms. The highest BCUT2D eigenvalue weighted by molar-refractivity contribution is 4.85. The molecule has 0 aromatic rings. The van der Waals surface area contributed by atoms with Gasteiger partial charge in [0.05, 0.1) is 0 Å². The lowest BCUT2D eigenvalue weighted by Crippen LogP contribution is -2.39. The van der Waals surface area contributed by atoms with Crippen molar-refractivity contribution in [3.63, 3.8) is 0 Å². The van der Waals surface area contributed by atoms with Crippen LogP contribution in [-0.4, -0.2) is 26.3 Å². The second kappa shape index (κ2) is 6.19. The Morgan fingerprint density at radius 2 is 2.00 bits per heavy atom. The number of rotatable bonds is 4. The van der Waals surface area contributed by atoms with Gasteiger partial charge < -0.3 is 10.1 Å². The van der Waals surface area contributed by atoms with Crippen LogP contribution in [0.5, 0.6) is 0 Å². The van der Waals surface area contributed by atoms with E-state index in [1.807, 2.05) is 0 Å². The van der Waals surface area contributed by atoms with Gasteiger partial charge in [0.2, 0.25) is 0 Å². The summed E-state index contributed by atoms with van der Waals surface area (Å²) in [7, 11) is 2.14. The third-order valence-electron chi connectivity index (χ3n) is 5.19. The lowest BCUT2D eigenvalue weighted by atomic mass is 9.72. The summed E-state index contributed by atoms with van der Waals surface area (Å²) >= 11 is 0. The molecule has 5 unspecified atom stereocenters. The fraction of sp³-hybridized carbons (Fsp3) is 1.00. The maximum absolute atomic E-state index is 5.50. The lowest BCUT2D eigenvalue weighted by molar-refractivity contribution is 0.149. The lowest BCUT2D eigenvalue weighted by Gasteiger charge is -2.37. The van der Waals surface area contributed by atoms with Crippen molar-refractivity contribution in [3.8, 4) is 0 Å². The zero-order chi connectivity index (χ0) is 12.3. The van der Waals surface area contributed by atoms with Crippen molar-refractivity contribution in [3.05, 3.63) is 0 Å². The van der Waals surface area contributed by atoms with Gasteiger partial charge in [-0.3, -0.25) is 0 Å². The first-order chi connectivity index (χ1) is 8.20. The van der Waals surface area contributed by atoms with Gasteiger partial charge in [0.25, 0.3) is 0 Å². The Hall–Kier alpha value is -0.0800. The molecule has 0 bridgehead atoms. The molecule has 2 aliphatic rings. The standard InChI is InChI=1S/C15H29NO/c1-11-4-5-14(8-12(11)2)15(16-3)9-13-6-7-17-10-13/h11-16H,4-10H2,1-3H3. The van der Waals surface area contributed by atoms with Gasteiger partial charge in [-0.05, 0) is 56.4 Å². The van der Waals surface area contributed by atoms with E-state index in [9.17, 15) is 0 Å². The summed E-state index contributed by atoms with van der Waals surface area (Å²) in [5.74, 6) is 3.54. The minimum absolute atomic E-state index is 0.719. The molecule has 1 saturated heterocycles. The second-order valence-corrected chi connectivity index (χ2v) is 6.39. The van der Waals surface area contributed by atoms with E-state index >= 15 is 0 Å². The van der Waals surface area contributed by atoms with E-state index in [0.29, 0.717) is 0 Å². The largest absolute Gasteiger partial charge is 0.381 e. The van der Waals surface area contributed by atoms with Crippen LogP contribution in [0.1, 0.15) is 46.0 Å². The quantitative estimate of drug-likeness (QED) is 0.814. The molecule has 1 N–H and O–H groups in total. The first-order valence-electron chi connectivity index (χ1n) is 7.45. The summed E-state index contributed by atoms with van der Waals surface area (Å²) in [5, 5.41) is 3.58. The molecule has 0 amide bonds. The molecule has 2 fully saturated rings. The minimum Gasteiger partial charge on any atom is -0.381 e. The molecule has 1 aliphatic heterocycles. The maximum Gasteiger partial charge on any atom is 0.0495 e. The van der Waals surface area contributed by atoms with Crippen LogP contribution in [0.25, 0.3) is 0 Å². The van der Waals surface area contributed by atoms with Crippen LogP contribution in [0.15, 0.2) is 0 Å². The SMILES string of the molecule is CNC(CC1CCOC1)C1CCC(C)C(C)C1. The zero-order valence-electron chi connectivity index (χ0n) is 11.7. The fourth-order valence-electron chi connectivity index (χ4n) is 3.63. The van der Waals surface area contributed by atoms with Crippen LogP contribution >= 0.6 is 0 Å². The Balaban J connectivity index is 1.84. The highest BCUT2D eigenvalue weighted by atomic mass is 16.5. The summed E-state index contributed by atoms with van der Waals surface area (Å²) in [6.07, 6.45) is 6.86. The van der Waals surface area contributed by atoms with Gasteiger partial charge >= 0.3 is 0 Å². The van der Waals surface area contributed by atoms with Crippen molar-refractivity contribution >= 4 is 0 Å². The van der Waals surface area contributed by atoms with Crippen LogP contribution in [0, 0.1) is 23.7 Å². The second-order valence-electron chi connectivity index (χ2n) is 6.39. The first-order valence-corrected chi connectivity index (χ1v) is 7.45. The van der Waals surface area contributed by atoms with Gasteiger partial charge in [-0.2, -0.15) is 0 Å². The molecule has 0 aromatic carbocycles. The molecule has 0 radical (unpaired) electrons. The van der Waals surface area contributed by atoms with Crippen LogP contribution in [-0.2, 0) is 4.74 Å². The highest BCUT2D eigenvalue weighted by Crippen LogP contribution is 2.36. The average molecular weight is 239 g/mol. The monoisotopic (exact) mass is 239 g/mol. The van der Waals surface area contributed by atoms with Crippen LogP contribution in [0.4, 0.5) is 0 Å². The van der Waals surface area contributed by atoms with E-state index in [1.54, 1.807) is 0 Å². The first kappa shape index (κ1) is 13.4. The van der Waals surface area contributed by atoms with Crippen LogP contribution in [0.3, 0.4) is 0 Å². The van der Waals surface area contributed by atoms with Crippen molar-refractivity contribution in [1.82, 2.24) is 5.32 Å².